The molecule has 1 aliphatic rings. The molecule has 3 aromatic rings. The van der Waals surface area contributed by atoms with Crippen LogP contribution in [0.15, 0.2) is 53.9 Å². The Kier molecular flexibility index (Phi) is 3.58. The lowest BCUT2D eigenvalue weighted by molar-refractivity contribution is 0.0935. The first-order valence-electron chi connectivity index (χ1n) is 7.64. The first-order valence-corrected chi connectivity index (χ1v) is 8.52. The van der Waals surface area contributed by atoms with Crippen LogP contribution in [-0.2, 0) is 0 Å². The number of thiophene rings is 1. The van der Waals surface area contributed by atoms with Gasteiger partial charge in [-0.3, -0.25) is 4.79 Å². The van der Waals surface area contributed by atoms with E-state index in [1.165, 1.54) is 17.4 Å². The minimum Gasteiger partial charge on any atom is -0.361 e. The van der Waals surface area contributed by atoms with Crippen LogP contribution in [0, 0.1) is 12.7 Å². The number of anilines is 1. The van der Waals surface area contributed by atoms with Crippen molar-refractivity contribution in [1.82, 2.24) is 5.32 Å². The number of rotatable bonds is 2. The minimum absolute atomic E-state index is 0.126. The fourth-order valence-corrected chi connectivity index (χ4v) is 3.69. The number of hydrogen-bond acceptors (Lipinski definition) is 3. The molecule has 0 bridgehead atoms. The molecule has 1 atom stereocenters. The van der Waals surface area contributed by atoms with Crippen LogP contribution in [0.5, 0.6) is 0 Å². The van der Waals surface area contributed by atoms with E-state index in [9.17, 15) is 9.18 Å². The van der Waals surface area contributed by atoms with Gasteiger partial charge in [-0.05, 0) is 47.7 Å². The van der Waals surface area contributed by atoms with Crippen LogP contribution in [0.4, 0.5) is 10.1 Å². The monoisotopic (exact) mass is 338 g/mol. The smallest absolute Gasteiger partial charge is 0.255 e. The molecule has 24 heavy (non-hydrogen) atoms. The molecular formula is C19H15FN2OS. The van der Waals surface area contributed by atoms with Gasteiger partial charge in [-0.15, -0.1) is 11.3 Å². The van der Waals surface area contributed by atoms with E-state index < -0.39 is 0 Å². The highest BCUT2D eigenvalue weighted by Crippen LogP contribution is 2.33. The van der Waals surface area contributed by atoms with Gasteiger partial charge in [-0.1, -0.05) is 24.3 Å². The number of carbonyl (C=O) groups excluding carboxylic acids is 1. The van der Waals surface area contributed by atoms with Crippen molar-refractivity contribution in [2.75, 3.05) is 5.32 Å². The molecule has 5 heteroatoms. The molecular weight excluding hydrogens is 323 g/mol. The zero-order valence-corrected chi connectivity index (χ0v) is 13.8. The molecule has 1 amide bonds. The maximum absolute atomic E-state index is 14.2. The highest BCUT2D eigenvalue weighted by atomic mass is 32.1. The molecule has 0 aliphatic carbocycles. The second kappa shape index (κ2) is 5.76. The minimum atomic E-state index is -0.384. The van der Waals surface area contributed by atoms with Gasteiger partial charge >= 0.3 is 0 Å². The number of halogens is 1. The van der Waals surface area contributed by atoms with Crippen molar-refractivity contribution in [3.05, 3.63) is 76.4 Å². The van der Waals surface area contributed by atoms with Gasteiger partial charge in [-0.25, -0.2) is 4.39 Å². The lowest BCUT2D eigenvalue weighted by atomic mass is 10.0. The van der Waals surface area contributed by atoms with Crippen LogP contribution in [-0.4, -0.2) is 5.91 Å². The molecule has 0 radical (unpaired) electrons. The third kappa shape index (κ3) is 2.47. The van der Waals surface area contributed by atoms with Gasteiger partial charge in [-0.2, -0.15) is 0 Å². The van der Waals surface area contributed by atoms with Gasteiger partial charge in [0.15, 0.2) is 0 Å². The standard InChI is InChI=1S/C19H15FN2OS/c1-11-4-2-5-13-17(11)21-18(22-19(13)23)12-7-8-15(20)14(10-12)16-6-3-9-24-16/h2-10,18,21H,1H3,(H,22,23). The third-order valence-electron chi connectivity index (χ3n) is 4.19. The molecule has 3 nitrogen and oxygen atoms in total. The van der Waals surface area contributed by atoms with Crippen molar-refractivity contribution in [3.63, 3.8) is 0 Å². The summed E-state index contributed by atoms with van der Waals surface area (Å²) in [4.78, 5) is 13.2. The van der Waals surface area contributed by atoms with E-state index in [0.717, 1.165) is 21.7 Å². The quantitative estimate of drug-likeness (QED) is 0.710. The number of benzene rings is 2. The van der Waals surface area contributed by atoms with Gasteiger partial charge in [0.1, 0.15) is 12.0 Å². The summed E-state index contributed by atoms with van der Waals surface area (Å²) in [6, 6.07) is 14.3. The van der Waals surface area contributed by atoms with Crippen molar-refractivity contribution in [2.24, 2.45) is 0 Å². The van der Waals surface area contributed by atoms with Crippen molar-refractivity contribution >= 4 is 22.9 Å². The summed E-state index contributed by atoms with van der Waals surface area (Å²) < 4.78 is 14.2. The van der Waals surface area contributed by atoms with Gasteiger partial charge in [0.2, 0.25) is 0 Å². The molecule has 120 valence electrons. The molecule has 1 unspecified atom stereocenters. The number of hydrogen-bond donors (Lipinski definition) is 2. The molecule has 0 fully saturated rings. The van der Waals surface area contributed by atoms with Crippen LogP contribution in [0.2, 0.25) is 0 Å². The summed E-state index contributed by atoms with van der Waals surface area (Å²) in [7, 11) is 0. The molecule has 0 saturated heterocycles. The van der Waals surface area contributed by atoms with Gasteiger partial charge < -0.3 is 10.6 Å². The van der Waals surface area contributed by atoms with Crippen molar-refractivity contribution in [1.29, 1.82) is 0 Å². The van der Waals surface area contributed by atoms with E-state index in [4.69, 9.17) is 0 Å². The topological polar surface area (TPSA) is 41.1 Å². The molecule has 1 aliphatic heterocycles. The van der Waals surface area contributed by atoms with Gasteiger partial charge in [0, 0.05) is 10.4 Å². The number of para-hydroxylation sites is 1. The van der Waals surface area contributed by atoms with Gasteiger partial charge in [0.05, 0.1) is 11.3 Å². The molecule has 4 rings (SSSR count). The summed E-state index contributed by atoms with van der Waals surface area (Å²) in [5, 5.41) is 8.21. The Balaban J connectivity index is 1.74. The molecule has 0 spiro atoms. The van der Waals surface area contributed by atoms with E-state index in [2.05, 4.69) is 10.6 Å². The van der Waals surface area contributed by atoms with Crippen LogP contribution in [0.25, 0.3) is 10.4 Å². The Morgan fingerprint density at radius 3 is 2.71 bits per heavy atom. The second-order valence-electron chi connectivity index (χ2n) is 5.76. The Labute approximate surface area is 143 Å². The van der Waals surface area contributed by atoms with E-state index in [0.29, 0.717) is 11.1 Å². The maximum atomic E-state index is 14.2. The number of nitrogens with one attached hydrogen (secondary N) is 2. The molecule has 2 aromatic carbocycles. The second-order valence-corrected chi connectivity index (χ2v) is 6.71. The Bertz CT molecular complexity index is 921. The third-order valence-corrected chi connectivity index (χ3v) is 5.10. The van der Waals surface area contributed by atoms with E-state index in [-0.39, 0.29) is 17.9 Å². The SMILES string of the molecule is Cc1cccc2c1NC(c1ccc(F)c(-c3cccs3)c1)NC2=O. The predicted octanol–water partition coefficient (Wildman–Crippen LogP) is 4.72. The van der Waals surface area contributed by atoms with Crippen molar-refractivity contribution in [2.45, 2.75) is 13.1 Å². The molecule has 2 N–H and O–H groups in total. The molecule has 2 heterocycles. The zero-order chi connectivity index (χ0) is 16.7. The first-order chi connectivity index (χ1) is 11.6. The fraction of sp³-hybridized carbons (Fsp3) is 0.105. The summed E-state index contributed by atoms with van der Waals surface area (Å²) >= 11 is 1.49. The van der Waals surface area contributed by atoms with Crippen molar-refractivity contribution in [3.8, 4) is 10.4 Å². The van der Waals surface area contributed by atoms with E-state index in [1.54, 1.807) is 18.2 Å². The highest BCUT2D eigenvalue weighted by molar-refractivity contribution is 7.13. The summed E-state index contributed by atoms with van der Waals surface area (Å²) in [6.07, 6.45) is -0.384. The molecule has 1 aromatic heterocycles. The maximum Gasteiger partial charge on any atom is 0.255 e. The Morgan fingerprint density at radius 1 is 1.04 bits per heavy atom. The number of aryl methyl sites for hydroxylation is 1. The van der Waals surface area contributed by atoms with Gasteiger partial charge in [0.25, 0.3) is 5.91 Å². The first kappa shape index (κ1) is 14.9. The lowest BCUT2D eigenvalue weighted by Crippen LogP contribution is -2.38. The van der Waals surface area contributed by atoms with Crippen LogP contribution in [0.3, 0.4) is 0 Å². The molecule has 0 saturated carbocycles. The summed E-state index contributed by atoms with van der Waals surface area (Å²) in [5.41, 5.74) is 3.84. The largest absolute Gasteiger partial charge is 0.361 e. The van der Waals surface area contributed by atoms with E-state index in [1.807, 2.05) is 36.6 Å². The average Bonchev–Trinajstić information content (AvgIpc) is 3.10. The average molecular weight is 338 g/mol. The zero-order valence-electron chi connectivity index (χ0n) is 13.0. The van der Waals surface area contributed by atoms with Crippen LogP contribution < -0.4 is 10.6 Å². The number of amides is 1. The summed E-state index contributed by atoms with van der Waals surface area (Å²) in [5.74, 6) is -0.389. The predicted molar refractivity (Wildman–Crippen MR) is 94.7 cm³/mol. The lowest BCUT2D eigenvalue weighted by Gasteiger charge is -2.29. The number of carbonyl (C=O) groups is 1. The Hall–Kier alpha value is -2.66. The normalized spacial score (nSPS) is 16.2. The van der Waals surface area contributed by atoms with E-state index >= 15 is 0 Å². The van der Waals surface area contributed by atoms with Crippen molar-refractivity contribution < 1.29 is 9.18 Å². The fourth-order valence-electron chi connectivity index (χ4n) is 2.95. The number of fused-ring (bicyclic) bond motifs is 1. The Morgan fingerprint density at radius 2 is 1.92 bits per heavy atom. The highest BCUT2D eigenvalue weighted by Gasteiger charge is 2.26. The summed E-state index contributed by atoms with van der Waals surface area (Å²) in [6.45, 7) is 1.96. The van der Waals surface area contributed by atoms with Crippen LogP contribution >= 0.6 is 11.3 Å². The van der Waals surface area contributed by atoms with Crippen LogP contribution in [0.1, 0.15) is 27.7 Å².